The van der Waals surface area contributed by atoms with Gasteiger partial charge < -0.3 is 5.11 Å². The van der Waals surface area contributed by atoms with Crippen molar-refractivity contribution in [1.29, 1.82) is 0 Å². The summed E-state index contributed by atoms with van der Waals surface area (Å²) < 4.78 is 0. The van der Waals surface area contributed by atoms with E-state index in [4.69, 9.17) is 6.42 Å². The first-order chi connectivity index (χ1) is 4.62. The van der Waals surface area contributed by atoms with Crippen molar-refractivity contribution in [3.63, 3.8) is 0 Å². The Morgan fingerprint density at radius 2 is 2.20 bits per heavy atom. The van der Waals surface area contributed by atoms with Gasteiger partial charge in [-0.3, -0.25) is 0 Å². The molecule has 1 nitrogen and oxygen atoms in total. The summed E-state index contributed by atoms with van der Waals surface area (Å²) in [5.41, 5.74) is -0.995. The predicted octanol–water partition coefficient (Wildman–Crippen LogP) is 1.17. The van der Waals surface area contributed by atoms with Crippen LogP contribution in [0.2, 0.25) is 0 Å². The maximum Gasteiger partial charge on any atom is 0.133 e. The summed E-state index contributed by atoms with van der Waals surface area (Å²) in [5.74, 6) is 7.81. The van der Waals surface area contributed by atoms with E-state index in [2.05, 4.69) is 17.8 Å². The van der Waals surface area contributed by atoms with E-state index in [1.165, 1.54) is 0 Å². The Balaban J connectivity index is 4.01. The van der Waals surface area contributed by atoms with Crippen molar-refractivity contribution in [2.45, 2.75) is 32.3 Å². The van der Waals surface area contributed by atoms with Crippen molar-refractivity contribution < 1.29 is 5.11 Å². The number of hydrogen-bond acceptors (Lipinski definition) is 1. The molecular weight excluding hydrogens is 124 g/mol. The molecule has 0 spiro atoms. The second kappa shape index (κ2) is 3.99. The molecule has 10 heavy (non-hydrogen) atoms. The molecule has 0 aliphatic heterocycles. The quantitative estimate of drug-likeness (QED) is 0.536. The molecular formula is C9H12O. The molecule has 0 fully saturated rings. The van der Waals surface area contributed by atoms with E-state index in [1.54, 1.807) is 6.92 Å². The summed E-state index contributed by atoms with van der Waals surface area (Å²) in [7, 11) is 0. The zero-order valence-corrected chi connectivity index (χ0v) is 6.44. The lowest BCUT2D eigenvalue weighted by Crippen LogP contribution is -2.20. The van der Waals surface area contributed by atoms with Crippen LogP contribution in [-0.2, 0) is 0 Å². The molecule has 0 amide bonds. The first-order valence-electron chi connectivity index (χ1n) is 3.28. The van der Waals surface area contributed by atoms with Crippen LogP contribution in [0.4, 0.5) is 0 Å². The van der Waals surface area contributed by atoms with Gasteiger partial charge in [0, 0.05) is 12.8 Å². The molecule has 0 saturated carbocycles. The summed E-state index contributed by atoms with van der Waals surface area (Å²) >= 11 is 0. The average Bonchev–Trinajstić information content (AvgIpc) is 1.84. The molecule has 1 heteroatoms. The molecule has 0 saturated heterocycles. The first kappa shape index (κ1) is 9.08. The number of aliphatic hydroxyl groups is 1. The smallest absolute Gasteiger partial charge is 0.133 e. The molecule has 1 atom stereocenters. The van der Waals surface area contributed by atoms with Gasteiger partial charge in [0.1, 0.15) is 5.60 Å². The minimum absolute atomic E-state index is 0.292. The highest BCUT2D eigenvalue weighted by molar-refractivity contribution is 5.15. The number of hydrogen-bond donors (Lipinski definition) is 1. The second-order valence-electron chi connectivity index (χ2n) is 2.31. The largest absolute Gasteiger partial charge is 0.377 e. The van der Waals surface area contributed by atoms with Crippen molar-refractivity contribution in [3.05, 3.63) is 0 Å². The zero-order valence-electron chi connectivity index (χ0n) is 6.44. The van der Waals surface area contributed by atoms with E-state index in [0.29, 0.717) is 6.42 Å². The lowest BCUT2D eigenvalue weighted by molar-refractivity contribution is 0.128. The van der Waals surface area contributed by atoms with Crippen LogP contribution in [0.15, 0.2) is 0 Å². The van der Waals surface area contributed by atoms with E-state index in [1.807, 2.05) is 6.92 Å². The maximum atomic E-state index is 9.33. The van der Waals surface area contributed by atoms with Crippen LogP contribution in [0.25, 0.3) is 0 Å². The molecule has 0 heterocycles. The van der Waals surface area contributed by atoms with Gasteiger partial charge in [-0.25, -0.2) is 0 Å². The first-order valence-corrected chi connectivity index (χ1v) is 3.28. The molecule has 0 aliphatic rings. The van der Waals surface area contributed by atoms with Crippen LogP contribution >= 0.6 is 0 Å². The van der Waals surface area contributed by atoms with Crippen LogP contribution in [0.5, 0.6) is 0 Å². The third kappa shape index (κ3) is 4.01. The van der Waals surface area contributed by atoms with Crippen molar-refractivity contribution >= 4 is 0 Å². The van der Waals surface area contributed by atoms with Crippen LogP contribution in [0.1, 0.15) is 26.7 Å². The third-order valence-electron chi connectivity index (χ3n) is 0.981. The lowest BCUT2D eigenvalue weighted by Gasteiger charge is -2.10. The van der Waals surface area contributed by atoms with Gasteiger partial charge in [-0.15, -0.1) is 18.3 Å². The lowest BCUT2D eigenvalue weighted by atomic mass is 10.0. The minimum Gasteiger partial charge on any atom is -0.377 e. The highest BCUT2D eigenvalue weighted by Gasteiger charge is 2.13. The number of rotatable bonds is 1. The Morgan fingerprint density at radius 1 is 1.60 bits per heavy atom. The monoisotopic (exact) mass is 136 g/mol. The molecule has 1 N–H and O–H groups in total. The molecule has 0 aromatic heterocycles. The van der Waals surface area contributed by atoms with Crippen molar-refractivity contribution in [2.75, 3.05) is 0 Å². The van der Waals surface area contributed by atoms with Crippen LogP contribution in [0.3, 0.4) is 0 Å². The Morgan fingerprint density at radius 3 is 2.60 bits per heavy atom. The molecule has 1 unspecified atom stereocenters. The zero-order chi connectivity index (χ0) is 8.04. The highest BCUT2D eigenvalue weighted by atomic mass is 16.3. The van der Waals surface area contributed by atoms with Crippen molar-refractivity contribution in [3.8, 4) is 24.2 Å². The molecule has 0 rings (SSSR count). The van der Waals surface area contributed by atoms with Gasteiger partial charge in [0.2, 0.25) is 0 Å². The van der Waals surface area contributed by atoms with Gasteiger partial charge >= 0.3 is 0 Å². The number of terminal acetylenes is 1. The molecule has 0 bridgehead atoms. The summed E-state index contributed by atoms with van der Waals surface area (Å²) in [5, 5.41) is 9.33. The van der Waals surface area contributed by atoms with Gasteiger partial charge in [0.05, 0.1) is 0 Å². The Kier molecular flexibility index (Phi) is 3.62. The molecule has 0 aromatic carbocycles. The third-order valence-corrected chi connectivity index (χ3v) is 0.981. The molecule has 54 valence electrons. The van der Waals surface area contributed by atoms with E-state index >= 15 is 0 Å². The molecule has 0 radical (unpaired) electrons. The normalized spacial score (nSPS) is 14.2. The molecule has 0 aliphatic carbocycles. The summed E-state index contributed by atoms with van der Waals surface area (Å²) in [6, 6.07) is 0. The van der Waals surface area contributed by atoms with Crippen molar-refractivity contribution in [2.24, 2.45) is 0 Å². The summed E-state index contributed by atoms with van der Waals surface area (Å²) in [6.45, 7) is 3.55. The van der Waals surface area contributed by atoms with Gasteiger partial charge in [0.25, 0.3) is 0 Å². The minimum atomic E-state index is -0.995. The summed E-state index contributed by atoms with van der Waals surface area (Å²) in [6.07, 6.45) is 6.05. The van der Waals surface area contributed by atoms with Gasteiger partial charge in [-0.1, -0.05) is 12.8 Å². The fourth-order valence-electron chi connectivity index (χ4n) is 0.522. The Hall–Kier alpha value is -0.920. The SMILES string of the molecule is C#CCC(C)(O)C#CCC. The molecule has 0 aromatic rings. The van der Waals surface area contributed by atoms with Crippen LogP contribution in [0, 0.1) is 24.2 Å². The fourth-order valence-corrected chi connectivity index (χ4v) is 0.522. The van der Waals surface area contributed by atoms with Crippen molar-refractivity contribution in [1.82, 2.24) is 0 Å². The van der Waals surface area contributed by atoms with Crippen LogP contribution < -0.4 is 0 Å². The second-order valence-corrected chi connectivity index (χ2v) is 2.31. The topological polar surface area (TPSA) is 20.2 Å². The maximum absolute atomic E-state index is 9.33. The fraction of sp³-hybridized carbons (Fsp3) is 0.556. The van der Waals surface area contributed by atoms with Gasteiger partial charge in [-0.05, 0) is 6.92 Å². The highest BCUT2D eigenvalue weighted by Crippen LogP contribution is 2.05. The average molecular weight is 136 g/mol. The van der Waals surface area contributed by atoms with Gasteiger partial charge in [0.15, 0.2) is 0 Å². The Labute approximate surface area is 62.5 Å². The van der Waals surface area contributed by atoms with Gasteiger partial charge in [-0.2, -0.15) is 0 Å². The van der Waals surface area contributed by atoms with E-state index < -0.39 is 5.60 Å². The standard InChI is InChI=1S/C9H12O/c1-4-6-8-9(3,10)7-5-2/h2,10H,4,7H2,1,3H3. The van der Waals surface area contributed by atoms with Crippen LogP contribution in [-0.4, -0.2) is 10.7 Å². The Bertz CT molecular complexity index is 185. The van der Waals surface area contributed by atoms with E-state index in [-0.39, 0.29) is 0 Å². The van der Waals surface area contributed by atoms with E-state index in [0.717, 1.165) is 6.42 Å². The van der Waals surface area contributed by atoms with E-state index in [9.17, 15) is 5.11 Å². The predicted molar refractivity (Wildman–Crippen MR) is 42.1 cm³/mol. The summed E-state index contributed by atoms with van der Waals surface area (Å²) in [4.78, 5) is 0.